The molecule has 0 N–H and O–H groups in total. The van der Waals surface area contributed by atoms with Crippen molar-refractivity contribution in [2.24, 2.45) is 5.41 Å². The standard InChI is InChI=1S/C14H20O/c1-14(2,3)10-8-12-4-6-13(7-5-12)9-11-15/h4-7,11H,8-10H2,1-3H3. The van der Waals surface area contributed by atoms with E-state index in [1.54, 1.807) is 0 Å². The fourth-order valence-electron chi connectivity index (χ4n) is 1.46. The molecule has 0 radical (unpaired) electrons. The summed E-state index contributed by atoms with van der Waals surface area (Å²) in [6.45, 7) is 6.77. The van der Waals surface area contributed by atoms with E-state index in [4.69, 9.17) is 0 Å². The average Bonchev–Trinajstić information content (AvgIpc) is 2.16. The second kappa shape index (κ2) is 5.11. The van der Waals surface area contributed by atoms with E-state index in [-0.39, 0.29) is 0 Å². The van der Waals surface area contributed by atoms with Gasteiger partial charge in [0.25, 0.3) is 0 Å². The van der Waals surface area contributed by atoms with Crippen molar-refractivity contribution in [1.29, 1.82) is 0 Å². The van der Waals surface area contributed by atoms with Gasteiger partial charge >= 0.3 is 0 Å². The SMILES string of the molecule is CC(C)(C)CCc1ccc(CC=O)cc1. The Bertz CT molecular complexity index is 303. The second-order valence-electron chi connectivity index (χ2n) is 5.25. The van der Waals surface area contributed by atoms with Gasteiger partial charge < -0.3 is 4.79 Å². The summed E-state index contributed by atoms with van der Waals surface area (Å²) in [6, 6.07) is 8.36. The number of hydrogen-bond acceptors (Lipinski definition) is 1. The Balaban J connectivity index is 2.53. The Morgan fingerprint density at radius 2 is 1.60 bits per heavy atom. The molecule has 0 saturated heterocycles. The Hall–Kier alpha value is -1.11. The van der Waals surface area contributed by atoms with E-state index in [1.807, 2.05) is 12.1 Å². The Labute approximate surface area is 92.5 Å². The number of rotatable bonds is 4. The van der Waals surface area contributed by atoms with E-state index >= 15 is 0 Å². The van der Waals surface area contributed by atoms with Crippen LogP contribution in [0.5, 0.6) is 0 Å². The molecule has 1 aromatic carbocycles. The van der Waals surface area contributed by atoms with Gasteiger partial charge in [0.15, 0.2) is 0 Å². The van der Waals surface area contributed by atoms with Crippen LogP contribution < -0.4 is 0 Å². The number of carbonyl (C=O) groups is 1. The summed E-state index contributed by atoms with van der Waals surface area (Å²) in [6.07, 6.45) is 3.79. The molecule has 15 heavy (non-hydrogen) atoms. The monoisotopic (exact) mass is 204 g/mol. The molecule has 0 bridgehead atoms. The number of aldehydes is 1. The largest absolute Gasteiger partial charge is 0.303 e. The molecule has 0 aliphatic carbocycles. The van der Waals surface area contributed by atoms with Crippen molar-refractivity contribution < 1.29 is 4.79 Å². The summed E-state index contributed by atoms with van der Waals surface area (Å²) in [5.74, 6) is 0. The minimum absolute atomic E-state index is 0.390. The quantitative estimate of drug-likeness (QED) is 0.687. The predicted octanol–water partition coefficient (Wildman–Crippen LogP) is 3.41. The van der Waals surface area contributed by atoms with Gasteiger partial charge in [0.1, 0.15) is 6.29 Å². The summed E-state index contributed by atoms with van der Waals surface area (Å²) < 4.78 is 0. The molecular weight excluding hydrogens is 184 g/mol. The van der Waals surface area contributed by atoms with Gasteiger partial charge in [-0.1, -0.05) is 45.0 Å². The van der Waals surface area contributed by atoms with E-state index < -0.39 is 0 Å². The maximum atomic E-state index is 10.3. The van der Waals surface area contributed by atoms with Crippen LogP contribution >= 0.6 is 0 Å². The Morgan fingerprint density at radius 1 is 1.07 bits per heavy atom. The first-order valence-electron chi connectivity index (χ1n) is 5.53. The van der Waals surface area contributed by atoms with Gasteiger partial charge in [-0.2, -0.15) is 0 Å². The summed E-state index contributed by atoms with van der Waals surface area (Å²) in [4.78, 5) is 10.3. The highest BCUT2D eigenvalue weighted by Crippen LogP contribution is 2.21. The molecule has 0 heterocycles. The van der Waals surface area contributed by atoms with Gasteiger partial charge in [0, 0.05) is 6.42 Å². The van der Waals surface area contributed by atoms with Crippen LogP contribution in [0.2, 0.25) is 0 Å². The van der Waals surface area contributed by atoms with Crippen molar-refractivity contribution in [2.75, 3.05) is 0 Å². The molecule has 0 unspecified atom stereocenters. The second-order valence-corrected chi connectivity index (χ2v) is 5.25. The van der Waals surface area contributed by atoms with Gasteiger partial charge in [-0.15, -0.1) is 0 Å². The van der Waals surface area contributed by atoms with E-state index in [2.05, 4.69) is 32.9 Å². The zero-order chi connectivity index (χ0) is 11.3. The van der Waals surface area contributed by atoms with Crippen LogP contribution in [-0.4, -0.2) is 6.29 Å². The zero-order valence-corrected chi connectivity index (χ0v) is 9.92. The topological polar surface area (TPSA) is 17.1 Å². The number of benzene rings is 1. The van der Waals surface area contributed by atoms with Crippen LogP contribution in [0.25, 0.3) is 0 Å². The fraction of sp³-hybridized carbons (Fsp3) is 0.500. The molecule has 1 nitrogen and oxygen atoms in total. The fourth-order valence-corrected chi connectivity index (χ4v) is 1.46. The first-order valence-corrected chi connectivity index (χ1v) is 5.53. The van der Waals surface area contributed by atoms with Gasteiger partial charge in [-0.05, 0) is 29.4 Å². The number of hydrogen-bond donors (Lipinski definition) is 0. The highest BCUT2D eigenvalue weighted by Gasteiger charge is 2.09. The lowest BCUT2D eigenvalue weighted by Gasteiger charge is -2.17. The van der Waals surface area contributed by atoms with Crippen LogP contribution in [0, 0.1) is 5.41 Å². The highest BCUT2D eigenvalue weighted by molar-refractivity contribution is 5.54. The van der Waals surface area contributed by atoms with Crippen LogP contribution in [-0.2, 0) is 17.6 Å². The van der Waals surface area contributed by atoms with E-state index in [9.17, 15) is 4.79 Å². The van der Waals surface area contributed by atoms with Crippen LogP contribution in [0.1, 0.15) is 38.3 Å². The van der Waals surface area contributed by atoms with Gasteiger partial charge in [0.2, 0.25) is 0 Å². The summed E-state index contributed by atoms with van der Waals surface area (Å²) >= 11 is 0. The molecule has 0 aliphatic rings. The summed E-state index contributed by atoms with van der Waals surface area (Å²) in [5, 5.41) is 0. The van der Waals surface area contributed by atoms with Crippen molar-refractivity contribution in [2.45, 2.75) is 40.0 Å². The molecule has 0 aromatic heterocycles. The maximum absolute atomic E-state index is 10.3. The molecule has 0 amide bonds. The lowest BCUT2D eigenvalue weighted by atomic mass is 9.88. The minimum Gasteiger partial charge on any atom is -0.303 e. The molecule has 1 aromatic rings. The Morgan fingerprint density at radius 3 is 2.07 bits per heavy atom. The van der Waals surface area contributed by atoms with Crippen LogP contribution in [0.3, 0.4) is 0 Å². The van der Waals surface area contributed by atoms with Crippen molar-refractivity contribution in [1.82, 2.24) is 0 Å². The van der Waals surface area contributed by atoms with Crippen molar-refractivity contribution in [3.8, 4) is 0 Å². The maximum Gasteiger partial charge on any atom is 0.124 e. The zero-order valence-electron chi connectivity index (χ0n) is 9.92. The molecule has 0 aliphatic heterocycles. The molecule has 1 heteroatoms. The van der Waals surface area contributed by atoms with Crippen molar-refractivity contribution in [3.63, 3.8) is 0 Å². The third-order valence-corrected chi connectivity index (χ3v) is 2.51. The average molecular weight is 204 g/mol. The van der Waals surface area contributed by atoms with Crippen LogP contribution in [0.15, 0.2) is 24.3 Å². The van der Waals surface area contributed by atoms with Gasteiger partial charge in [-0.25, -0.2) is 0 Å². The van der Waals surface area contributed by atoms with Crippen molar-refractivity contribution in [3.05, 3.63) is 35.4 Å². The van der Waals surface area contributed by atoms with Crippen molar-refractivity contribution >= 4 is 6.29 Å². The third-order valence-electron chi connectivity index (χ3n) is 2.51. The number of aryl methyl sites for hydroxylation is 1. The molecular formula is C14H20O. The lowest BCUT2D eigenvalue weighted by molar-refractivity contribution is -0.107. The molecule has 1 rings (SSSR count). The third kappa shape index (κ3) is 4.78. The molecule has 0 fully saturated rings. The predicted molar refractivity (Wildman–Crippen MR) is 64.0 cm³/mol. The molecule has 0 atom stereocenters. The van der Waals surface area contributed by atoms with Gasteiger partial charge in [-0.3, -0.25) is 0 Å². The molecule has 82 valence electrons. The highest BCUT2D eigenvalue weighted by atomic mass is 16.1. The van der Waals surface area contributed by atoms with E-state index in [0.29, 0.717) is 11.8 Å². The van der Waals surface area contributed by atoms with Crippen LogP contribution in [0.4, 0.5) is 0 Å². The summed E-state index contributed by atoms with van der Waals surface area (Å²) in [7, 11) is 0. The normalized spacial score (nSPS) is 11.4. The summed E-state index contributed by atoms with van der Waals surface area (Å²) in [5.41, 5.74) is 2.85. The molecule has 0 saturated carbocycles. The Kier molecular flexibility index (Phi) is 4.07. The minimum atomic E-state index is 0.390. The first-order chi connectivity index (χ1) is 7.01. The number of carbonyl (C=O) groups excluding carboxylic acids is 1. The smallest absolute Gasteiger partial charge is 0.124 e. The molecule has 0 spiro atoms. The van der Waals surface area contributed by atoms with Gasteiger partial charge in [0.05, 0.1) is 0 Å². The first kappa shape index (κ1) is 12.0. The van der Waals surface area contributed by atoms with E-state index in [1.165, 1.54) is 12.0 Å². The lowest BCUT2D eigenvalue weighted by Crippen LogP contribution is -2.06. The van der Waals surface area contributed by atoms with E-state index in [0.717, 1.165) is 18.3 Å².